The Morgan fingerprint density at radius 3 is 2.79 bits per heavy atom. The van der Waals surface area contributed by atoms with Crippen LogP contribution in [0, 0.1) is 0 Å². The lowest BCUT2D eigenvalue weighted by atomic mass is 9.97. The molecule has 1 atom stereocenters. The van der Waals surface area contributed by atoms with Gasteiger partial charge >= 0.3 is 0 Å². The van der Waals surface area contributed by atoms with E-state index >= 15 is 0 Å². The summed E-state index contributed by atoms with van der Waals surface area (Å²) in [6.07, 6.45) is 3.22. The van der Waals surface area contributed by atoms with Crippen molar-refractivity contribution in [2.24, 2.45) is 0 Å². The number of rotatable bonds is 4. The summed E-state index contributed by atoms with van der Waals surface area (Å²) in [6, 6.07) is 15.2. The van der Waals surface area contributed by atoms with Crippen LogP contribution >= 0.6 is 0 Å². The SMILES string of the molecule is CCNC(C1=CCCO1)c1cccc2ccccc12. The first-order valence-electron chi connectivity index (χ1n) is 6.94. The Labute approximate surface area is 114 Å². The molecule has 0 bridgehead atoms. The molecule has 0 saturated heterocycles. The number of ether oxygens (including phenoxy) is 1. The van der Waals surface area contributed by atoms with Crippen LogP contribution in [-0.4, -0.2) is 13.2 Å². The van der Waals surface area contributed by atoms with Gasteiger partial charge in [0.25, 0.3) is 0 Å². The first kappa shape index (κ1) is 12.2. The van der Waals surface area contributed by atoms with E-state index in [9.17, 15) is 0 Å². The summed E-state index contributed by atoms with van der Waals surface area (Å²) < 4.78 is 5.77. The molecule has 1 aliphatic rings. The van der Waals surface area contributed by atoms with Gasteiger partial charge in [-0.2, -0.15) is 0 Å². The second kappa shape index (κ2) is 5.45. The van der Waals surface area contributed by atoms with Gasteiger partial charge in [0, 0.05) is 6.42 Å². The molecule has 0 aromatic heterocycles. The second-order valence-corrected chi connectivity index (χ2v) is 4.80. The summed E-state index contributed by atoms with van der Waals surface area (Å²) in [4.78, 5) is 0. The van der Waals surface area contributed by atoms with Crippen molar-refractivity contribution in [1.29, 1.82) is 0 Å². The molecule has 0 saturated carbocycles. The van der Waals surface area contributed by atoms with Gasteiger partial charge in [0.05, 0.1) is 12.6 Å². The Morgan fingerprint density at radius 1 is 1.16 bits per heavy atom. The molecule has 0 amide bonds. The fourth-order valence-corrected chi connectivity index (χ4v) is 2.71. The van der Waals surface area contributed by atoms with E-state index in [0.717, 1.165) is 25.3 Å². The zero-order chi connectivity index (χ0) is 13.1. The van der Waals surface area contributed by atoms with Crippen LogP contribution in [0.1, 0.15) is 24.9 Å². The summed E-state index contributed by atoms with van der Waals surface area (Å²) in [6.45, 7) is 3.87. The zero-order valence-corrected chi connectivity index (χ0v) is 11.2. The van der Waals surface area contributed by atoms with E-state index in [1.807, 2.05) is 0 Å². The zero-order valence-electron chi connectivity index (χ0n) is 11.2. The van der Waals surface area contributed by atoms with Crippen LogP contribution in [0.2, 0.25) is 0 Å². The van der Waals surface area contributed by atoms with Crippen molar-refractivity contribution in [3.05, 3.63) is 59.9 Å². The minimum absolute atomic E-state index is 0.165. The molecule has 2 aromatic rings. The molecule has 1 unspecified atom stereocenters. The maximum Gasteiger partial charge on any atom is 0.114 e. The molecule has 0 fully saturated rings. The molecule has 2 nitrogen and oxygen atoms in total. The Morgan fingerprint density at radius 2 is 2.00 bits per heavy atom. The standard InChI is InChI=1S/C17H19NO/c1-2-18-17(16-11-6-12-19-16)15-10-5-8-13-7-3-4-9-14(13)15/h3-5,7-11,17-18H,2,6,12H2,1H3. The predicted molar refractivity (Wildman–Crippen MR) is 79.0 cm³/mol. The van der Waals surface area contributed by atoms with E-state index in [1.54, 1.807) is 0 Å². The summed E-state index contributed by atoms with van der Waals surface area (Å²) in [7, 11) is 0. The van der Waals surface area contributed by atoms with Crippen LogP contribution < -0.4 is 5.32 Å². The molecular weight excluding hydrogens is 234 g/mol. The summed E-state index contributed by atoms with van der Waals surface area (Å²) >= 11 is 0. The lowest BCUT2D eigenvalue weighted by Gasteiger charge is -2.21. The Bertz CT molecular complexity index is 598. The molecule has 19 heavy (non-hydrogen) atoms. The molecule has 98 valence electrons. The molecule has 3 rings (SSSR count). The van der Waals surface area contributed by atoms with Crippen molar-refractivity contribution in [1.82, 2.24) is 5.32 Å². The Kier molecular flexibility index (Phi) is 3.51. The van der Waals surface area contributed by atoms with Gasteiger partial charge in [0.1, 0.15) is 5.76 Å². The highest BCUT2D eigenvalue weighted by Gasteiger charge is 2.21. The van der Waals surface area contributed by atoms with E-state index in [-0.39, 0.29) is 6.04 Å². The number of benzene rings is 2. The van der Waals surface area contributed by atoms with Gasteiger partial charge in [-0.3, -0.25) is 0 Å². The quantitative estimate of drug-likeness (QED) is 0.895. The van der Waals surface area contributed by atoms with Gasteiger partial charge < -0.3 is 10.1 Å². The Hall–Kier alpha value is -1.80. The third-order valence-electron chi connectivity index (χ3n) is 3.56. The van der Waals surface area contributed by atoms with E-state index in [0.29, 0.717) is 0 Å². The van der Waals surface area contributed by atoms with Gasteiger partial charge in [-0.1, -0.05) is 49.4 Å². The van der Waals surface area contributed by atoms with Crippen LogP contribution in [-0.2, 0) is 4.74 Å². The van der Waals surface area contributed by atoms with Crippen LogP contribution in [0.25, 0.3) is 10.8 Å². The van der Waals surface area contributed by atoms with Crippen LogP contribution in [0.5, 0.6) is 0 Å². The average molecular weight is 253 g/mol. The number of hydrogen-bond acceptors (Lipinski definition) is 2. The molecule has 0 radical (unpaired) electrons. The van der Waals surface area contributed by atoms with Crippen molar-refractivity contribution < 1.29 is 4.74 Å². The first-order chi connectivity index (χ1) is 9.40. The van der Waals surface area contributed by atoms with Gasteiger partial charge in [-0.25, -0.2) is 0 Å². The fraction of sp³-hybridized carbons (Fsp3) is 0.294. The molecule has 1 heterocycles. The predicted octanol–water partition coefficient (Wildman–Crippen LogP) is 3.79. The van der Waals surface area contributed by atoms with E-state index in [1.165, 1.54) is 16.3 Å². The maximum atomic E-state index is 5.77. The second-order valence-electron chi connectivity index (χ2n) is 4.80. The fourth-order valence-electron chi connectivity index (χ4n) is 2.71. The minimum Gasteiger partial charge on any atom is -0.496 e. The Balaban J connectivity index is 2.09. The topological polar surface area (TPSA) is 21.3 Å². The summed E-state index contributed by atoms with van der Waals surface area (Å²) in [5.41, 5.74) is 1.30. The third kappa shape index (κ3) is 2.36. The molecule has 2 heteroatoms. The molecule has 1 N–H and O–H groups in total. The van der Waals surface area contributed by atoms with E-state index in [4.69, 9.17) is 4.74 Å². The molecule has 2 aromatic carbocycles. The normalized spacial score (nSPS) is 16.2. The first-order valence-corrected chi connectivity index (χ1v) is 6.94. The van der Waals surface area contributed by atoms with Crippen molar-refractivity contribution >= 4 is 10.8 Å². The largest absolute Gasteiger partial charge is 0.496 e. The summed E-state index contributed by atoms with van der Waals surface area (Å²) in [5.74, 6) is 1.07. The number of fused-ring (bicyclic) bond motifs is 1. The molecule has 0 spiro atoms. The highest BCUT2D eigenvalue weighted by molar-refractivity contribution is 5.86. The van der Waals surface area contributed by atoms with Gasteiger partial charge in [0.2, 0.25) is 0 Å². The highest BCUT2D eigenvalue weighted by Crippen LogP contribution is 2.31. The number of likely N-dealkylation sites (N-methyl/N-ethyl adjacent to an activating group) is 1. The van der Waals surface area contributed by atoms with Crippen LogP contribution in [0.3, 0.4) is 0 Å². The third-order valence-corrected chi connectivity index (χ3v) is 3.56. The van der Waals surface area contributed by atoms with Crippen LogP contribution in [0.4, 0.5) is 0 Å². The number of nitrogens with one attached hydrogen (secondary N) is 1. The van der Waals surface area contributed by atoms with Crippen LogP contribution in [0.15, 0.2) is 54.3 Å². The minimum atomic E-state index is 0.165. The lowest BCUT2D eigenvalue weighted by molar-refractivity contribution is 0.216. The molecule has 1 aliphatic heterocycles. The highest BCUT2D eigenvalue weighted by atomic mass is 16.5. The van der Waals surface area contributed by atoms with Gasteiger partial charge in [-0.05, 0) is 29.0 Å². The van der Waals surface area contributed by atoms with Crippen molar-refractivity contribution in [3.63, 3.8) is 0 Å². The lowest BCUT2D eigenvalue weighted by Crippen LogP contribution is -2.23. The average Bonchev–Trinajstić information content (AvgIpc) is 2.98. The van der Waals surface area contributed by atoms with E-state index < -0.39 is 0 Å². The van der Waals surface area contributed by atoms with E-state index in [2.05, 4.69) is 60.8 Å². The van der Waals surface area contributed by atoms with Crippen molar-refractivity contribution in [3.8, 4) is 0 Å². The van der Waals surface area contributed by atoms with Crippen molar-refractivity contribution in [2.45, 2.75) is 19.4 Å². The van der Waals surface area contributed by atoms with Gasteiger partial charge in [0.15, 0.2) is 0 Å². The monoisotopic (exact) mass is 253 g/mol. The van der Waals surface area contributed by atoms with Gasteiger partial charge in [-0.15, -0.1) is 0 Å². The number of hydrogen-bond donors (Lipinski definition) is 1. The van der Waals surface area contributed by atoms with Crippen molar-refractivity contribution in [2.75, 3.05) is 13.2 Å². The summed E-state index contributed by atoms with van der Waals surface area (Å²) in [5, 5.41) is 6.12. The molecule has 0 aliphatic carbocycles. The smallest absolute Gasteiger partial charge is 0.114 e. The molecular formula is C17H19NO. The maximum absolute atomic E-state index is 5.77.